The standard InChI is InChI=1S/C10H20BrO4P/c1-5-6-7-8(2)9(12)10(11)16(13,14-3)15-4/h8,10H,5-7H2,1-4H3. The number of rotatable bonds is 8. The van der Waals surface area contributed by atoms with Crippen molar-refractivity contribution < 1.29 is 18.4 Å². The van der Waals surface area contributed by atoms with Crippen LogP contribution in [0.25, 0.3) is 0 Å². The van der Waals surface area contributed by atoms with Gasteiger partial charge in [-0.2, -0.15) is 0 Å². The number of carbonyl (C=O) groups excluding carboxylic acids is 1. The third-order valence-electron chi connectivity index (χ3n) is 2.50. The molecule has 0 N–H and O–H groups in total. The van der Waals surface area contributed by atoms with Gasteiger partial charge in [-0.05, 0) is 6.42 Å². The van der Waals surface area contributed by atoms with Crippen molar-refractivity contribution in [1.82, 2.24) is 0 Å². The molecule has 0 radical (unpaired) electrons. The zero-order chi connectivity index (χ0) is 12.8. The van der Waals surface area contributed by atoms with E-state index in [1.54, 1.807) is 0 Å². The SMILES string of the molecule is CCCCC(C)C(=O)C(Br)P(=O)(OC)OC. The van der Waals surface area contributed by atoms with Gasteiger partial charge in [0.05, 0.1) is 0 Å². The highest BCUT2D eigenvalue weighted by Crippen LogP contribution is 2.55. The van der Waals surface area contributed by atoms with Gasteiger partial charge in [-0.3, -0.25) is 9.36 Å². The van der Waals surface area contributed by atoms with Gasteiger partial charge in [-0.15, -0.1) is 0 Å². The van der Waals surface area contributed by atoms with Gasteiger partial charge in [0.2, 0.25) is 0 Å². The monoisotopic (exact) mass is 314 g/mol. The van der Waals surface area contributed by atoms with E-state index >= 15 is 0 Å². The van der Waals surface area contributed by atoms with Crippen LogP contribution in [-0.2, 0) is 18.4 Å². The lowest BCUT2D eigenvalue weighted by atomic mass is 10.0. The molecule has 0 aromatic rings. The number of unbranched alkanes of at least 4 members (excludes halogenated alkanes) is 1. The Hall–Kier alpha value is 0.300. The molecule has 16 heavy (non-hydrogen) atoms. The maximum atomic E-state index is 12.0. The number of Topliss-reactive ketones (excluding diaryl/α,β-unsaturated/α-hetero) is 1. The van der Waals surface area contributed by atoms with E-state index in [0.717, 1.165) is 19.3 Å². The molecule has 0 heterocycles. The first-order valence-corrected chi connectivity index (χ1v) is 7.84. The minimum atomic E-state index is -3.35. The van der Waals surface area contributed by atoms with Gasteiger partial charge in [-0.25, -0.2) is 0 Å². The number of alkyl halides is 1. The van der Waals surface area contributed by atoms with E-state index in [0.29, 0.717) is 0 Å². The molecule has 0 aliphatic rings. The average molecular weight is 315 g/mol. The van der Waals surface area contributed by atoms with E-state index in [9.17, 15) is 9.36 Å². The summed E-state index contributed by atoms with van der Waals surface area (Å²) in [6.07, 6.45) is 2.82. The third-order valence-corrected chi connectivity index (χ3v) is 6.28. The third kappa shape index (κ3) is 4.28. The van der Waals surface area contributed by atoms with Crippen LogP contribution in [0.15, 0.2) is 0 Å². The van der Waals surface area contributed by atoms with Crippen LogP contribution in [0, 0.1) is 5.92 Å². The number of hydrogen-bond donors (Lipinski definition) is 0. The van der Waals surface area contributed by atoms with Crippen molar-refractivity contribution in [3.63, 3.8) is 0 Å². The maximum absolute atomic E-state index is 12.0. The fourth-order valence-electron chi connectivity index (χ4n) is 1.30. The van der Waals surface area contributed by atoms with Crippen LogP contribution in [0.3, 0.4) is 0 Å². The number of ketones is 1. The minimum absolute atomic E-state index is 0.125. The second-order valence-electron chi connectivity index (χ2n) is 3.69. The first kappa shape index (κ1) is 16.3. The normalized spacial score (nSPS) is 15.8. The summed E-state index contributed by atoms with van der Waals surface area (Å²) in [4.78, 5) is 11.9. The van der Waals surface area contributed by atoms with Gasteiger partial charge < -0.3 is 9.05 Å². The molecule has 0 fully saturated rings. The molecule has 4 nitrogen and oxygen atoms in total. The summed E-state index contributed by atoms with van der Waals surface area (Å²) in [6, 6.07) is 0. The van der Waals surface area contributed by atoms with Gasteiger partial charge in [0, 0.05) is 20.1 Å². The van der Waals surface area contributed by atoms with Crippen LogP contribution in [0.1, 0.15) is 33.1 Å². The Balaban J connectivity index is 4.53. The Labute approximate surface area is 106 Å². The van der Waals surface area contributed by atoms with E-state index in [4.69, 9.17) is 9.05 Å². The van der Waals surface area contributed by atoms with Gasteiger partial charge in [-0.1, -0.05) is 42.6 Å². The molecular formula is C10H20BrO4P. The first-order chi connectivity index (χ1) is 7.42. The quantitative estimate of drug-likeness (QED) is 0.507. The smallest absolute Gasteiger partial charge is 0.311 e. The number of halogens is 1. The molecule has 6 heteroatoms. The van der Waals surface area contributed by atoms with Crippen molar-refractivity contribution >= 4 is 29.3 Å². The molecule has 0 spiro atoms. The number of hydrogen-bond acceptors (Lipinski definition) is 4. The van der Waals surface area contributed by atoms with E-state index < -0.39 is 12.2 Å². The molecular weight excluding hydrogens is 295 g/mol. The summed E-state index contributed by atoms with van der Waals surface area (Å²) in [7, 11) is -0.787. The summed E-state index contributed by atoms with van der Waals surface area (Å²) in [6.45, 7) is 3.90. The van der Waals surface area contributed by atoms with Gasteiger partial charge in [0.1, 0.15) is 0 Å². The van der Waals surface area contributed by atoms with Crippen LogP contribution in [0.4, 0.5) is 0 Å². The lowest BCUT2D eigenvalue weighted by molar-refractivity contribution is -0.120. The van der Waals surface area contributed by atoms with Crippen molar-refractivity contribution in [2.75, 3.05) is 14.2 Å². The predicted octanol–water partition coefficient (Wildman–Crippen LogP) is 3.59. The summed E-state index contributed by atoms with van der Waals surface area (Å²) in [5.41, 5.74) is 0. The van der Waals surface area contributed by atoms with E-state index in [1.807, 2.05) is 6.92 Å². The Morgan fingerprint density at radius 2 is 1.88 bits per heavy atom. The predicted molar refractivity (Wildman–Crippen MR) is 68.0 cm³/mol. The highest BCUT2D eigenvalue weighted by atomic mass is 79.9. The molecule has 0 aromatic carbocycles. The lowest BCUT2D eigenvalue weighted by Gasteiger charge is -2.21. The molecule has 96 valence electrons. The van der Waals surface area contributed by atoms with Crippen molar-refractivity contribution in [3.8, 4) is 0 Å². The fraction of sp³-hybridized carbons (Fsp3) is 0.900. The molecule has 0 saturated carbocycles. The molecule has 2 unspecified atom stereocenters. The minimum Gasteiger partial charge on any atom is -0.311 e. The Morgan fingerprint density at radius 1 is 1.38 bits per heavy atom. The summed E-state index contributed by atoms with van der Waals surface area (Å²) >= 11 is 3.12. The molecule has 0 saturated heterocycles. The van der Waals surface area contributed by atoms with Crippen molar-refractivity contribution in [2.45, 2.75) is 37.7 Å². The summed E-state index contributed by atoms with van der Waals surface area (Å²) in [5, 5.41) is 0. The topological polar surface area (TPSA) is 52.6 Å². The Morgan fingerprint density at radius 3 is 2.25 bits per heavy atom. The fourth-order valence-corrected chi connectivity index (χ4v) is 3.84. The highest BCUT2D eigenvalue weighted by Gasteiger charge is 2.39. The van der Waals surface area contributed by atoms with E-state index in [2.05, 4.69) is 22.9 Å². The van der Waals surface area contributed by atoms with Crippen molar-refractivity contribution in [1.29, 1.82) is 0 Å². The molecule has 0 amide bonds. The van der Waals surface area contributed by atoms with Crippen molar-refractivity contribution in [3.05, 3.63) is 0 Å². The molecule has 0 aliphatic carbocycles. The largest absolute Gasteiger partial charge is 0.351 e. The van der Waals surface area contributed by atoms with E-state index in [-0.39, 0.29) is 11.7 Å². The maximum Gasteiger partial charge on any atom is 0.351 e. The molecule has 2 atom stereocenters. The van der Waals surface area contributed by atoms with Crippen LogP contribution in [0.5, 0.6) is 0 Å². The second kappa shape index (κ2) is 7.59. The zero-order valence-electron chi connectivity index (χ0n) is 10.2. The summed E-state index contributed by atoms with van der Waals surface area (Å²) in [5.74, 6) is -0.261. The molecule has 0 bridgehead atoms. The average Bonchev–Trinajstić information content (AvgIpc) is 2.32. The van der Waals surface area contributed by atoms with E-state index in [1.165, 1.54) is 14.2 Å². The highest BCUT2D eigenvalue weighted by molar-refractivity contribution is 9.11. The zero-order valence-corrected chi connectivity index (χ0v) is 12.7. The Bertz CT molecular complexity index is 262. The van der Waals surface area contributed by atoms with Gasteiger partial charge in [0.25, 0.3) is 0 Å². The molecule has 0 aromatic heterocycles. The van der Waals surface area contributed by atoms with Crippen LogP contribution in [0.2, 0.25) is 0 Å². The number of carbonyl (C=O) groups is 1. The Kier molecular flexibility index (Phi) is 7.73. The van der Waals surface area contributed by atoms with Gasteiger partial charge >= 0.3 is 7.60 Å². The first-order valence-electron chi connectivity index (χ1n) is 5.31. The molecule has 0 aliphatic heterocycles. The molecule has 0 rings (SSSR count). The summed E-state index contributed by atoms with van der Waals surface area (Å²) < 4.78 is 20.7. The van der Waals surface area contributed by atoms with Crippen LogP contribution < -0.4 is 0 Å². The van der Waals surface area contributed by atoms with Gasteiger partial charge in [0.15, 0.2) is 10.4 Å². The van der Waals surface area contributed by atoms with Crippen molar-refractivity contribution in [2.24, 2.45) is 5.92 Å². The van der Waals surface area contributed by atoms with Crippen LogP contribution >= 0.6 is 23.5 Å². The second-order valence-corrected chi connectivity index (χ2v) is 7.64. The lowest BCUT2D eigenvalue weighted by Crippen LogP contribution is -2.23. The van der Waals surface area contributed by atoms with Crippen LogP contribution in [-0.4, -0.2) is 24.6 Å².